The molecule has 1 amide bonds. The highest BCUT2D eigenvalue weighted by Gasteiger charge is 2.27. The van der Waals surface area contributed by atoms with Gasteiger partial charge in [-0.15, -0.1) is 10.2 Å². The standard InChI is InChI=1S/C14H23N5O2S/c1-3-19-13(18-6-8-21-9-7-18)16-17-14(19)22-10(2)12(20)15-11-4-5-11/h10-11H,3-9H2,1-2H3,(H,15,20). The van der Waals surface area contributed by atoms with E-state index in [1.165, 1.54) is 11.8 Å². The minimum Gasteiger partial charge on any atom is -0.378 e. The number of anilines is 1. The predicted molar refractivity (Wildman–Crippen MR) is 85.2 cm³/mol. The van der Waals surface area contributed by atoms with E-state index in [0.717, 1.165) is 56.8 Å². The summed E-state index contributed by atoms with van der Waals surface area (Å²) in [7, 11) is 0. The lowest BCUT2D eigenvalue weighted by Gasteiger charge is -2.27. The molecule has 2 fully saturated rings. The van der Waals surface area contributed by atoms with Crippen LogP contribution in [-0.4, -0.2) is 58.3 Å². The second kappa shape index (κ2) is 6.87. The molecule has 1 unspecified atom stereocenters. The number of thioether (sulfide) groups is 1. The quantitative estimate of drug-likeness (QED) is 0.783. The molecule has 1 aromatic rings. The number of carbonyl (C=O) groups excluding carboxylic acids is 1. The Hall–Kier alpha value is -1.28. The molecule has 1 atom stereocenters. The monoisotopic (exact) mass is 325 g/mol. The molecule has 0 radical (unpaired) electrons. The maximum atomic E-state index is 12.1. The van der Waals surface area contributed by atoms with Crippen LogP contribution in [0.1, 0.15) is 26.7 Å². The van der Waals surface area contributed by atoms with Gasteiger partial charge in [-0.1, -0.05) is 11.8 Å². The van der Waals surface area contributed by atoms with E-state index in [1.54, 1.807) is 0 Å². The van der Waals surface area contributed by atoms with Crippen molar-refractivity contribution in [2.75, 3.05) is 31.2 Å². The highest BCUT2D eigenvalue weighted by Crippen LogP contribution is 2.27. The van der Waals surface area contributed by atoms with Gasteiger partial charge >= 0.3 is 0 Å². The van der Waals surface area contributed by atoms with E-state index in [2.05, 4.69) is 31.9 Å². The molecular weight excluding hydrogens is 302 g/mol. The lowest BCUT2D eigenvalue weighted by Crippen LogP contribution is -2.38. The molecule has 1 saturated heterocycles. The Morgan fingerprint density at radius 2 is 2.14 bits per heavy atom. The first-order valence-electron chi connectivity index (χ1n) is 7.92. The first-order valence-corrected chi connectivity index (χ1v) is 8.80. The van der Waals surface area contributed by atoms with E-state index < -0.39 is 0 Å². The average Bonchev–Trinajstić information content (AvgIpc) is 3.26. The fourth-order valence-corrected chi connectivity index (χ4v) is 3.32. The Morgan fingerprint density at radius 1 is 1.41 bits per heavy atom. The molecule has 8 heteroatoms. The lowest BCUT2D eigenvalue weighted by atomic mass is 10.4. The number of amides is 1. The Morgan fingerprint density at radius 3 is 2.77 bits per heavy atom. The summed E-state index contributed by atoms with van der Waals surface area (Å²) in [6, 6.07) is 0.392. The topological polar surface area (TPSA) is 72.3 Å². The van der Waals surface area contributed by atoms with Gasteiger partial charge in [0.15, 0.2) is 5.16 Å². The minimum atomic E-state index is -0.160. The van der Waals surface area contributed by atoms with Gasteiger partial charge < -0.3 is 15.0 Å². The number of hydrogen-bond donors (Lipinski definition) is 1. The summed E-state index contributed by atoms with van der Waals surface area (Å²) in [6.07, 6.45) is 2.21. The van der Waals surface area contributed by atoms with Crippen molar-refractivity contribution in [3.63, 3.8) is 0 Å². The zero-order valence-corrected chi connectivity index (χ0v) is 13.9. The third kappa shape index (κ3) is 3.55. The number of morpholine rings is 1. The SMILES string of the molecule is CCn1c(SC(C)C(=O)NC2CC2)nnc1N1CCOCC1. The molecule has 2 heterocycles. The van der Waals surface area contributed by atoms with Crippen LogP contribution in [0.15, 0.2) is 5.16 Å². The third-order valence-electron chi connectivity index (χ3n) is 3.88. The average molecular weight is 325 g/mol. The van der Waals surface area contributed by atoms with Gasteiger partial charge in [0.1, 0.15) is 0 Å². The summed E-state index contributed by atoms with van der Waals surface area (Å²) < 4.78 is 7.46. The number of nitrogens with one attached hydrogen (secondary N) is 1. The molecule has 1 aliphatic carbocycles. The lowest BCUT2D eigenvalue weighted by molar-refractivity contribution is -0.120. The van der Waals surface area contributed by atoms with Crippen LogP contribution in [-0.2, 0) is 16.1 Å². The van der Waals surface area contributed by atoms with Crippen LogP contribution < -0.4 is 10.2 Å². The molecule has 22 heavy (non-hydrogen) atoms. The molecule has 0 aromatic carbocycles. The number of nitrogens with zero attached hydrogens (tertiary/aromatic N) is 4. The highest BCUT2D eigenvalue weighted by molar-refractivity contribution is 8.00. The van der Waals surface area contributed by atoms with E-state index >= 15 is 0 Å². The van der Waals surface area contributed by atoms with Crippen LogP contribution in [0.4, 0.5) is 5.95 Å². The fourth-order valence-electron chi connectivity index (χ4n) is 2.40. The molecule has 3 rings (SSSR count). The minimum absolute atomic E-state index is 0.0890. The molecule has 7 nitrogen and oxygen atoms in total. The number of ether oxygens (including phenoxy) is 1. The van der Waals surface area contributed by atoms with Crippen molar-refractivity contribution < 1.29 is 9.53 Å². The van der Waals surface area contributed by atoms with Gasteiger partial charge in [-0.05, 0) is 26.7 Å². The fraction of sp³-hybridized carbons (Fsp3) is 0.786. The number of hydrogen-bond acceptors (Lipinski definition) is 6. The van der Waals surface area contributed by atoms with Crippen molar-refractivity contribution in [1.29, 1.82) is 0 Å². The molecule has 0 bridgehead atoms. The van der Waals surface area contributed by atoms with Gasteiger partial charge in [0, 0.05) is 25.7 Å². The van der Waals surface area contributed by atoms with Gasteiger partial charge in [-0.25, -0.2) is 0 Å². The van der Waals surface area contributed by atoms with Crippen molar-refractivity contribution in [2.24, 2.45) is 0 Å². The van der Waals surface area contributed by atoms with E-state index in [0.29, 0.717) is 6.04 Å². The van der Waals surface area contributed by atoms with Crippen molar-refractivity contribution in [1.82, 2.24) is 20.1 Å². The van der Waals surface area contributed by atoms with Gasteiger partial charge in [-0.2, -0.15) is 0 Å². The maximum Gasteiger partial charge on any atom is 0.233 e. The molecule has 122 valence electrons. The normalized spacial score (nSPS) is 20.0. The highest BCUT2D eigenvalue weighted by atomic mass is 32.2. The summed E-state index contributed by atoms with van der Waals surface area (Å²) in [5.41, 5.74) is 0. The molecule has 1 aromatic heterocycles. The molecule has 2 aliphatic rings. The van der Waals surface area contributed by atoms with Crippen LogP contribution >= 0.6 is 11.8 Å². The van der Waals surface area contributed by atoms with E-state index in [1.807, 2.05) is 6.92 Å². The first kappa shape index (κ1) is 15.6. The van der Waals surface area contributed by atoms with E-state index in [4.69, 9.17) is 4.74 Å². The molecule has 1 N–H and O–H groups in total. The Balaban J connectivity index is 1.67. The van der Waals surface area contributed by atoms with Crippen LogP contribution in [0, 0.1) is 0 Å². The Kier molecular flexibility index (Phi) is 4.87. The van der Waals surface area contributed by atoms with Crippen LogP contribution in [0.5, 0.6) is 0 Å². The van der Waals surface area contributed by atoms with Gasteiger partial charge in [-0.3, -0.25) is 9.36 Å². The second-order valence-electron chi connectivity index (χ2n) is 5.67. The van der Waals surface area contributed by atoms with E-state index in [9.17, 15) is 4.79 Å². The smallest absolute Gasteiger partial charge is 0.233 e. The molecule has 1 saturated carbocycles. The van der Waals surface area contributed by atoms with Gasteiger partial charge in [0.2, 0.25) is 11.9 Å². The maximum absolute atomic E-state index is 12.1. The zero-order valence-electron chi connectivity index (χ0n) is 13.1. The van der Waals surface area contributed by atoms with Crippen LogP contribution in [0.3, 0.4) is 0 Å². The first-order chi connectivity index (χ1) is 10.7. The van der Waals surface area contributed by atoms with Crippen LogP contribution in [0.2, 0.25) is 0 Å². The summed E-state index contributed by atoms with van der Waals surface area (Å²) in [4.78, 5) is 14.3. The Labute approximate surface area is 134 Å². The number of rotatable bonds is 6. The molecular formula is C14H23N5O2S. The van der Waals surface area contributed by atoms with Crippen molar-refractivity contribution in [3.8, 4) is 0 Å². The summed E-state index contributed by atoms with van der Waals surface area (Å²) in [5.74, 6) is 0.967. The van der Waals surface area contributed by atoms with Crippen molar-refractivity contribution in [3.05, 3.63) is 0 Å². The number of aromatic nitrogens is 3. The predicted octanol–water partition coefficient (Wildman–Crippen LogP) is 0.894. The third-order valence-corrected chi connectivity index (χ3v) is 4.96. The van der Waals surface area contributed by atoms with Crippen molar-refractivity contribution in [2.45, 2.75) is 49.7 Å². The molecule has 1 aliphatic heterocycles. The second-order valence-corrected chi connectivity index (χ2v) is 6.98. The summed E-state index contributed by atoms with van der Waals surface area (Å²) >= 11 is 1.48. The van der Waals surface area contributed by atoms with Gasteiger partial charge in [0.25, 0.3) is 0 Å². The van der Waals surface area contributed by atoms with Crippen LogP contribution in [0.25, 0.3) is 0 Å². The number of carbonyl (C=O) groups is 1. The van der Waals surface area contributed by atoms with E-state index in [-0.39, 0.29) is 11.2 Å². The van der Waals surface area contributed by atoms with Crippen molar-refractivity contribution >= 4 is 23.6 Å². The molecule has 0 spiro atoms. The zero-order chi connectivity index (χ0) is 15.5. The Bertz CT molecular complexity index is 525. The largest absolute Gasteiger partial charge is 0.378 e. The van der Waals surface area contributed by atoms with Gasteiger partial charge in [0.05, 0.1) is 18.5 Å². The summed E-state index contributed by atoms with van der Waals surface area (Å²) in [5, 5.41) is 12.3. The summed E-state index contributed by atoms with van der Waals surface area (Å²) in [6.45, 7) is 7.90.